The van der Waals surface area contributed by atoms with Crippen LogP contribution in [0.1, 0.15) is 25.8 Å². The standard InChI is InChI=1S/C14H19F3N2O2/c1-10(2)21-9-5-8-18-13(20)19-12-7-4-3-6-11(12)14(15,16)17/h3-4,6-7,10H,5,8-9H2,1-2H3,(H2,18,19,20). The minimum Gasteiger partial charge on any atom is -0.379 e. The SMILES string of the molecule is CC(C)OCCCNC(=O)Nc1ccccc1C(F)(F)F. The highest BCUT2D eigenvalue weighted by Gasteiger charge is 2.33. The molecule has 1 rings (SSSR count). The highest BCUT2D eigenvalue weighted by molar-refractivity contribution is 5.90. The van der Waals surface area contributed by atoms with Crippen LogP contribution in [-0.2, 0) is 10.9 Å². The van der Waals surface area contributed by atoms with E-state index in [-0.39, 0.29) is 11.8 Å². The number of urea groups is 1. The summed E-state index contributed by atoms with van der Waals surface area (Å²) < 4.78 is 43.5. The molecule has 0 aromatic heterocycles. The highest BCUT2D eigenvalue weighted by atomic mass is 19.4. The molecule has 1 aromatic carbocycles. The van der Waals surface area contributed by atoms with Crippen molar-refractivity contribution in [3.8, 4) is 0 Å². The number of alkyl halides is 3. The molecule has 1 aromatic rings. The van der Waals surface area contributed by atoms with Crippen LogP contribution in [0.2, 0.25) is 0 Å². The molecule has 2 N–H and O–H groups in total. The Morgan fingerprint density at radius 2 is 1.95 bits per heavy atom. The Labute approximate surface area is 121 Å². The number of benzene rings is 1. The van der Waals surface area contributed by atoms with Gasteiger partial charge in [0.1, 0.15) is 0 Å². The molecule has 0 fully saturated rings. The first-order valence-electron chi connectivity index (χ1n) is 6.63. The van der Waals surface area contributed by atoms with E-state index in [0.29, 0.717) is 19.6 Å². The Hall–Kier alpha value is -1.76. The summed E-state index contributed by atoms with van der Waals surface area (Å²) in [4.78, 5) is 11.6. The summed E-state index contributed by atoms with van der Waals surface area (Å²) in [5.41, 5.74) is -1.13. The van der Waals surface area contributed by atoms with Gasteiger partial charge in [-0.05, 0) is 32.4 Å². The first-order valence-corrected chi connectivity index (χ1v) is 6.63. The molecule has 0 heterocycles. The Morgan fingerprint density at radius 3 is 2.57 bits per heavy atom. The number of para-hydroxylation sites is 1. The first kappa shape index (κ1) is 17.3. The van der Waals surface area contributed by atoms with Crippen molar-refractivity contribution >= 4 is 11.7 Å². The number of anilines is 1. The van der Waals surface area contributed by atoms with Crippen LogP contribution in [0.4, 0.5) is 23.7 Å². The molecule has 0 aliphatic rings. The van der Waals surface area contributed by atoms with Gasteiger partial charge >= 0.3 is 12.2 Å². The summed E-state index contributed by atoms with van der Waals surface area (Å²) >= 11 is 0. The first-order chi connectivity index (χ1) is 9.80. The van der Waals surface area contributed by atoms with Crippen LogP contribution in [0, 0.1) is 0 Å². The van der Waals surface area contributed by atoms with E-state index < -0.39 is 17.8 Å². The van der Waals surface area contributed by atoms with Gasteiger partial charge in [0.25, 0.3) is 0 Å². The number of rotatable bonds is 6. The number of hydrogen-bond donors (Lipinski definition) is 2. The molecule has 7 heteroatoms. The second kappa shape index (κ2) is 7.87. The van der Waals surface area contributed by atoms with E-state index >= 15 is 0 Å². The summed E-state index contributed by atoms with van der Waals surface area (Å²) in [6, 6.07) is 4.17. The molecule has 0 aliphatic heterocycles. The molecular formula is C14H19F3N2O2. The molecule has 0 spiro atoms. The van der Waals surface area contributed by atoms with Crippen molar-refractivity contribution in [2.75, 3.05) is 18.5 Å². The van der Waals surface area contributed by atoms with E-state index in [1.807, 2.05) is 13.8 Å². The molecule has 0 unspecified atom stereocenters. The van der Waals surface area contributed by atoms with Crippen molar-refractivity contribution in [2.24, 2.45) is 0 Å². The average molecular weight is 304 g/mol. The Morgan fingerprint density at radius 1 is 1.29 bits per heavy atom. The van der Waals surface area contributed by atoms with Crippen LogP contribution in [-0.4, -0.2) is 25.3 Å². The van der Waals surface area contributed by atoms with Gasteiger partial charge in [0.15, 0.2) is 0 Å². The van der Waals surface area contributed by atoms with Crippen LogP contribution in [0.15, 0.2) is 24.3 Å². The topological polar surface area (TPSA) is 50.4 Å². The number of hydrogen-bond acceptors (Lipinski definition) is 2. The molecule has 0 saturated carbocycles. The molecule has 0 bridgehead atoms. The number of ether oxygens (including phenoxy) is 1. The molecule has 0 aliphatic carbocycles. The molecular weight excluding hydrogens is 285 g/mol. The molecule has 0 radical (unpaired) electrons. The Kier molecular flexibility index (Phi) is 6.48. The molecule has 2 amide bonds. The van der Waals surface area contributed by atoms with Gasteiger partial charge in [-0.1, -0.05) is 12.1 Å². The molecule has 4 nitrogen and oxygen atoms in total. The van der Waals surface area contributed by atoms with Crippen molar-refractivity contribution < 1.29 is 22.7 Å². The normalized spacial score (nSPS) is 11.5. The summed E-state index contributed by atoms with van der Waals surface area (Å²) in [6.45, 7) is 4.60. The Bertz CT molecular complexity index is 462. The summed E-state index contributed by atoms with van der Waals surface area (Å²) in [7, 11) is 0. The maximum atomic E-state index is 12.7. The predicted molar refractivity (Wildman–Crippen MR) is 74.2 cm³/mol. The molecule has 21 heavy (non-hydrogen) atoms. The van der Waals surface area contributed by atoms with Crippen molar-refractivity contribution in [2.45, 2.75) is 32.5 Å². The second-order valence-electron chi connectivity index (χ2n) is 4.70. The van der Waals surface area contributed by atoms with Gasteiger partial charge in [-0.2, -0.15) is 13.2 Å². The van der Waals surface area contributed by atoms with Crippen LogP contribution >= 0.6 is 0 Å². The average Bonchev–Trinajstić information content (AvgIpc) is 2.37. The zero-order valence-corrected chi connectivity index (χ0v) is 12.0. The molecule has 0 saturated heterocycles. The van der Waals surface area contributed by atoms with E-state index in [4.69, 9.17) is 4.74 Å². The zero-order valence-electron chi connectivity index (χ0n) is 12.0. The maximum Gasteiger partial charge on any atom is 0.418 e. The van der Waals surface area contributed by atoms with Crippen molar-refractivity contribution in [3.63, 3.8) is 0 Å². The maximum absolute atomic E-state index is 12.7. The number of amides is 2. The minimum absolute atomic E-state index is 0.109. The van der Waals surface area contributed by atoms with E-state index in [9.17, 15) is 18.0 Å². The molecule has 0 atom stereocenters. The van der Waals surface area contributed by atoms with Crippen LogP contribution in [0.3, 0.4) is 0 Å². The zero-order chi connectivity index (χ0) is 15.9. The van der Waals surface area contributed by atoms with E-state index in [1.54, 1.807) is 0 Å². The summed E-state index contributed by atoms with van der Waals surface area (Å²) in [5.74, 6) is 0. The fraction of sp³-hybridized carbons (Fsp3) is 0.500. The number of halogens is 3. The van der Waals surface area contributed by atoms with Crippen molar-refractivity contribution in [3.05, 3.63) is 29.8 Å². The van der Waals surface area contributed by atoms with Crippen LogP contribution < -0.4 is 10.6 Å². The van der Waals surface area contributed by atoms with Crippen LogP contribution in [0.5, 0.6) is 0 Å². The quantitative estimate of drug-likeness (QED) is 0.788. The van der Waals surface area contributed by atoms with Crippen LogP contribution in [0.25, 0.3) is 0 Å². The molecule has 118 valence electrons. The fourth-order valence-electron chi connectivity index (χ4n) is 1.60. The lowest BCUT2D eigenvalue weighted by Crippen LogP contribution is -2.31. The van der Waals surface area contributed by atoms with Gasteiger partial charge < -0.3 is 15.4 Å². The third-order valence-corrected chi connectivity index (χ3v) is 2.54. The third kappa shape index (κ3) is 6.48. The van der Waals surface area contributed by atoms with Crippen molar-refractivity contribution in [1.29, 1.82) is 0 Å². The lowest BCUT2D eigenvalue weighted by atomic mass is 10.1. The highest BCUT2D eigenvalue weighted by Crippen LogP contribution is 2.34. The van der Waals surface area contributed by atoms with Gasteiger partial charge in [-0.15, -0.1) is 0 Å². The van der Waals surface area contributed by atoms with Gasteiger partial charge in [-0.25, -0.2) is 4.79 Å². The van der Waals surface area contributed by atoms with Gasteiger partial charge in [0.2, 0.25) is 0 Å². The Balaban J connectivity index is 2.45. The summed E-state index contributed by atoms with van der Waals surface area (Å²) in [6.07, 6.45) is -3.81. The second-order valence-corrected chi connectivity index (χ2v) is 4.70. The lowest BCUT2D eigenvalue weighted by Gasteiger charge is -2.14. The number of carbonyl (C=O) groups excluding carboxylic acids is 1. The number of nitrogens with one attached hydrogen (secondary N) is 2. The van der Waals surface area contributed by atoms with Gasteiger partial charge in [0.05, 0.1) is 17.4 Å². The van der Waals surface area contributed by atoms with Gasteiger partial charge in [0, 0.05) is 13.2 Å². The monoisotopic (exact) mass is 304 g/mol. The van der Waals surface area contributed by atoms with E-state index in [2.05, 4.69) is 10.6 Å². The van der Waals surface area contributed by atoms with E-state index in [1.165, 1.54) is 18.2 Å². The van der Waals surface area contributed by atoms with E-state index in [0.717, 1.165) is 6.07 Å². The lowest BCUT2D eigenvalue weighted by molar-refractivity contribution is -0.136. The third-order valence-electron chi connectivity index (χ3n) is 2.54. The smallest absolute Gasteiger partial charge is 0.379 e. The van der Waals surface area contributed by atoms with Gasteiger partial charge in [-0.3, -0.25) is 0 Å². The minimum atomic E-state index is -4.50. The predicted octanol–water partition coefficient (Wildman–Crippen LogP) is 3.64. The van der Waals surface area contributed by atoms with Crippen molar-refractivity contribution in [1.82, 2.24) is 5.32 Å². The number of carbonyl (C=O) groups is 1. The summed E-state index contributed by atoms with van der Waals surface area (Å²) in [5, 5.41) is 4.69. The fourth-order valence-corrected chi connectivity index (χ4v) is 1.60. The largest absolute Gasteiger partial charge is 0.418 e.